The second kappa shape index (κ2) is 21.9. The molecule has 1 unspecified atom stereocenters. The molecule has 0 saturated carbocycles. The summed E-state index contributed by atoms with van der Waals surface area (Å²) in [5, 5.41) is 21.4. The first-order valence-corrected chi connectivity index (χ1v) is 14.2. The largest absolute Gasteiger partial charge is 0.490 e. The molecule has 0 aliphatic heterocycles. The molecule has 9 nitrogen and oxygen atoms in total. The summed E-state index contributed by atoms with van der Waals surface area (Å²) in [6.45, 7) is 15.2. The van der Waals surface area contributed by atoms with Gasteiger partial charge in [-0.2, -0.15) is 39.5 Å². The van der Waals surface area contributed by atoms with Gasteiger partial charge >= 0.3 is 36.4 Å². The highest BCUT2D eigenvalue weighted by atomic mass is 19.4. The molecule has 0 spiro atoms. The van der Waals surface area contributed by atoms with Crippen molar-refractivity contribution in [3.63, 3.8) is 0 Å². The minimum atomic E-state index is -5.08. The van der Waals surface area contributed by atoms with Gasteiger partial charge in [-0.05, 0) is 54.9 Å². The molecule has 0 aliphatic rings. The van der Waals surface area contributed by atoms with E-state index in [0.29, 0.717) is 0 Å². The molecular weight excluding hydrogens is 669 g/mol. The molecule has 0 amide bonds. The number of aliphatic carboxylic acids is 3. The number of benzene rings is 2. The zero-order valence-electron chi connectivity index (χ0n) is 26.6. The summed E-state index contributed by atoms with van der Waals surface area (Å²) >= 11 is 0. The van der Waals surface area contributed by atoms with Crippen molar-refractivity contribution < 1.29 is 69.2 Å². The normalized spacial score (nSPS) is 12.1. The number of carbonyl (C=O) groups is 3. The summed E-state index contributed by atoms with van der Waals surface area (Å²) in [6, 6.07) is 17.8. The van der Waals surface area contributed by atoms with Gasteiger partial charge in [0.2, 0.25) is 0 Å². The average Bonchev–Trinajstić information content (AvgIpc) is 2.99. The Hall–Kier alpha value is -3.90. The van der Waals surface area contributed by atoms with Gasteiger partial charge in [0.1, 0.15) is 0 Å². The molecule has 0 fully saturated rings. The Morgan fingerprint density at radius 1 is 0.562 bits per heavy atom. The molecule has 0 saturated heterocycles. The minimum absolute atomic E-state index is 0.0427. The summed E-state index contributed by atoms with van der Waals surface area (Å²) in [4.78, 5) is 31.5. The van der Waals surface area contributed by atoms with Crippen LogP contribution in [0.4, 0.5) is 39.5 Å². The standard InChI is InChI=1S/C24H37N3.3C2HF3O2/c1-5-26(6-2)18-21-11-9-20(10-12-21)17-24(25)23-15-13-22(14-16-23)19-27(7-3)8-4;3*3-2(4,5)1(6)7/h9-16,24H,5-8,17-19,25H2,1-4H3;3*(H,6,7). The van der Waals surface area contributed by atoms with Gasteiger partial charge in [-0.15, -0.1) is 0 Å². The number of alkyl halides is 9. The van der Waals surface area contributed by atoms with Crippen LogP contribution in [0.15, 0.2) is 48.5 Å². The van der Waals surface area contributed by atoms with Gasteiger partial charge in [-0.3, -0.25) is 9.80 Å². The molecule has 1 atom stereocenters. The van der Waals surface area contributed by atoms with Crippen LogP contribution in [-0.4, -0.2) is 87.7 Å². The van der Waals surface area contributed by atoms with Crippen LogP contribution >= 0.6 is 0 Å². The van der Waals surface area contributed by atoms with Crippen LogP contribution in [0.2, 0.25) is 0 Å². The Morgan fingerprint density at radius 2 is 0.792 bits per heavy atom. The van der Waals surface area contributed by atoms with Crippen molar-refractivity contribution >= 4 is 17.9 Å². The zero-order chi connectivity index (χ0) is 37.9. The van der Waals surface area contributed by atoms with Crippen molar-refractivity contribution in [2.75, 3.05) is 26.2 Å². The van der Waals surface area contributed by atoms with E-state index in [-0.39, 0.29) is 6.04 Å². The summed E-state index contributed by atoms with van der Waals surface area (Å²) < 4.78 is 95.2. The van der Waals surface area contributed by atoms with Crippen LogP contribution in [0.1, 0.15) is 56.0 Å². The number of hydrogen-bond acceptors (Lipinski definition) is 6. The van der Waals surface area contributed by atoms with E-state index in [1.807, 2.05) is 0 Å². The molecule has 18 heteroatoms. The Kier molecular flexibility index (Phi) is 21.1. The summed E-state index contributed by atoms with van der Waals surface area (Å²) in [5.74, 6) is -8.27. The van der Waals surface area contributed by atoms with Gasteiger partial charge in [0.25, 0.3) is 0 Å². The Balaban J connectivity index is 0. The third-order valence-electron chi connectivity index (χ3n) is 6.22. The van der Waals surface area contributed by atoms with E-state index in [0.717, 1.165) is 45.7 Å². The average molecular weight is 710 g/mol. The lowest BCUT2D eigenvalue weighted by Crippen LogP contribution is -2.22. The molecule has 2 aromatic rings. The quantitative estimate of drug-likeness (QED) is 0.192. The Labute approximate surface area is 271 Å². The summed E-state index contributed by atoms with van der Waals surface area (Å²) in [5.41, 5.74) is 11.7. The van der Waals surface area contributed by atoms with Crippen LogP contribution in [0.25, 0.3) is 0 Å². The fourth-order valence-corrected chi connectivity index (χ4v) is 3.43. The first-order valence-electron chi connectivity index (χ1n) is 14.2. The maximum atomic E-state index is 10.6. The molecule has 0 radical (unpaired) electrons. The van der Waals surface area contributed by atoms with Crippen molar-refractivity contribution in [3.8, 4) is 0 Å². The van der Waals surface area contributed by atoms with E-state index in [1.165, 1.54) is 22.3 Å². The van der Waals surface area contributed by atoms with Crippen molar-refractivity contribution in [2.24, 2.45) is 5.73 Å². The van der Waals surface area contributed by atoms with Crippen LogP contribution in [0.5, 0.6) is 0 Å². The van der Waals surface area contributed by atoms with Gasteiger partial charge in [0, 0.05) is 19.1 Å². The van der Waals surface area contributed by atoms with Crippen molar-refractivity contribution in [1.29, 1.82) is 0 Å². The molecule has 274 valence electrons. The predicted molar refractivity (Wildman–Crippen MR) is 158 cm³/mol. The van der Waals surface area contributed by atoms with Crippen molar-refractivity contribution in [1.82, 2.24) is 9.80 Å². The lowest BCUT2D eigenvalue weighted by molar-refractivity contribution is -0.193. The van der Waals surface area contributed by atoms with E-state index in [2.05, 4.69) is 86.0 Å². The number of halogens is 9. The Morgan fingerprint density at radius 3 is 1.02 bits per heavy atom. The first-order chi connectivity index (χ1) is 21.9. The second-order valence-corrected chi connectivity index (χ2v) is 9.70. The molecular formula is C30H40F9N3O6. The number of carboxylic acids is 3. The van der Waals surface area contributed by atoms with Gasteiger partial charge < -0.3 is 21.1 Å². The molecule has 48 heavy (non-hydrogen) atoms. The molecule has 5 N–H and O–H groups in total. The molecule has 0 heterocycles. The molecule has 0 aliphatic carbocycles. The van der Waals surface area contributed by atoms with Crippen molar-refractivity contribution in [3.05, 3.63) is 70.8 Å². The van der Waals surface area contributed by atoms with Crippen LogP contribution < -0.4 is 5.73 Å². The first kappa shape index (κ1) is 46.2. The number of carboxylic acid groups (broad SMARTS) is 3. The maximum absolute atomic E-state index is 10.6. The third-order valence-corrected chi connectivity index (χ3v) is 6.22. The maximum Gasteiger partial charge on any atom is 0.490 e. The van der Waals surface area contributed by atoms with E-state index < -0.39 is 36.4 Å². The van der Waals surface area contributed by atoms with Gasteiger partial charge in [-0.1, -0.05) is 76.2 Å². The number of nitrogens with zero attached hydrogens (tertiary/aromatic N) is 2. The van der Waals surface area contributed by atoms with Gasteiger partial charge in [-0.25, -0.2) is 14.4 Å². The summed E-state index contributed by atoms with van der Waals surface area (Å²) in [6.07, 6.45) is -14.4. The number of nitrogens with two attached hydrogens (primary N) is 1. The lowest BCUT2D eigenvalue weighted by atomic mass is 9.98. The SMILES string of the molecule is CCN(CC)Cc1ccc(CC(N)c2ccc(CN(CC)CC)cc2)cc1.O=C(O)C(F)(F)F.O=C(O)C(F)(F)F.O=C(O)C(F)(F)F. The zero-order valence-corrected chi connectivity index (χ0v) is 26.6. The molecule has 0 aromatic heterocycles. The van der Waals surface area contributed by atoms with E-state index in [4.69, 9.17) is 35.4 Å². The highest BCUT2D eigenvalue weighted by molar-refractivity contribution is 5.73. The second-order valence-electron chi connectivity index (χ2n) is 9.70. The third kappa shape index (κ3) is 21.1. The van der Waals surface area contributed by atoms with E-state index in [1.54, 1.807) is 0 Å². The minimum Gasteiger partial charge on any atom is -0.475 e. The monoisotopic (exact) mass is 709 g/mol. The smallest absolute Gasteiger partial charge is 0.475 e. The van der Waals surface area contributed by atoms with Crippen molar-refractivity contribution in [2.45, 2.75) is 71.8 Å². The fraction of sp³-hybridized carbons (Fsp3) is 0.500. The lowest BCUT2D eigenvalue weighted by Gasteiger charge is -2.19. The van der Waals surface area contributed by atoms with Gasteiger partial charge in [0.15, 0.2) is 0 Å². The number of rotatable bonds is 11. The predicted octanol–water partition coefficient (Wildman–Crippen LogP) is 6.51. The number of hydrogen-bond donors (Lipinski definition) is 4. The molecule has 0 bridgehead atoms. The molecule has 2 rings (SSSR count). The van der Waals surface area contributed by atoms with Crippen LogP contribution in [-0.2, 0) is 33.9 Å². The van der Waals surface area contributed by atoms with E-state index >= 15 is 0 Å². The van der Waals surface area contributed by atoms with Crippen LogP contribution in [0.3, 0.4) is 0 Å². The molecule has 2 aromatic carbocycles. The Bertz CT molecular complexity index is 1160. The summed E-state index contributed by atoms with van der Waals surface area (Å²) in [7, 11) is 0. The van der Waals surface area contributed by atoms with Crippen LogP contribution in [0, 0.1) is 0 Å². The highest BCUT2D eigenvalue weighted by Gasteiger charge is 2.39. The highest BCUT2D eigenvalue weighted by Crippen LogP contribution is 2.19. The van der Waals surface area contributed by atoms with Gasteiger partial charge in [0.05, 0.1) is 0 Å². The topological polar surface area (TPSA) is 144 Å². The fourth-order valence-electron chi connectivity index (χ4n) is 3.43. The van der Waals surface area contributed by atoms with E-state index in [9.17, 15) is 39.5 Å².